The van der Waals surface area contributed by atoms with E-state index < -0.39 is 10.0 Å². The number of carbonyl (C=O) groups is 1. The molecule has 2 fully saturated rings. The SMILES string of the molecule is COC(=O)CCC/C=C\C[C@H]1[C@@H]2[C@H](C[C@@H]1NS(=O)(=O)c1ccccc1)C2(C)C. The number of hydrogen-bond donors (Lipinski definition) is 1. The van der Waals surface area contributed by atoms with E-state index in [1.807, 2.05) is 6.07 Å². The maximum Gasteiger partial charge on any atom is 0.305 e. The van der Waals surface area contributed by atoms with Gasteiger partial charge >= 0.3 is 5.97 Å². The molecule has 0 spiro atoms. The first-order valence-electron chi connectivity index (χ1n) is 10.1. The van der Waals surface area contributed by atoms with E-state index in [1.54, 1.807) is 24.3 Å². The molecule has 0 amide bonds. The number of esters is 1. The Balaban J connectivity index is 1.59. The maximum atomic E-state index is 12.8. The third-order valence-corrected chi connectivity index (χ3v) is 8.05. The van der Waals surface area contributed by atoms with Crippen LogP contribution < -0.4 is 4.72 Å². The number of allylic oxidation sites excluding steroid dienone is 2. The molecular formula is C22H31NO4S. The molecule has 0 unspecified atom stereocenters. The van der Waals surface area contributed by atoms with Gasteiger partial charge in [0.2, 0.25) is 10.0 Å². The summed E-state index contributed by atoms with van der Waals surface area (Å²) in [5, 5.41) is 0. The van der Waals surface area contributed by atoms with Gasteiger partial charge in [0.05, 0.1) is 12.0 Å². The Morgan fingerprint density at radius 2 is 1.96 bits per heavy atom. The third kappa shape index (κ3) is 4.49. The number of carbonyl (C=O) groups excluding carboxylic acids is 1. The predicted octanol–water partition coefficient (Wildman–Crippen LogP) is 3.92. The highest BCUT2D eigenvalue weighted by Gasteiger charge is 2.66. The van der Waals surface area contributed by atoms with Gasteiger partial charge in [-0.2, -0.15) is 0 Å². The van der Waals surface area contributed by atoms with E-state index in [1.165, 1.54) is 7.11 Å². The first-order valence-corrected chi connectivity index (χ1v) is 11.5. The average molecular weight is 406 g/mol. The maximum absolute atomic E-state index is 12.8. The summed E-state index contributed by atoms with van der Waals surface area (Å²) in [4.78, 5) is 11.5. The number of hydrogen-bond acceptors (Lipinski definition) is 4. The smallest absolute Gasteiger partial charge is 0.305 e. The zero-order chi connectivity index (χ0) is 20.4. The van der Waals surface area contributed by atoms with Gasteiger partial charge in [0.25, 0.3) is 0 Å². The Morgan fingerprint density at radius 3 is 2.64 bits per heavy atom. The lowest BCUT2D eigenvalue weighted by Gasteiger charge is -2.26. The number of rotatable bonds is 9. The minimum atomic E-state index is -3.49. The molecule has 154 valence electrons. The van der Waals surface area contributed by atoms with E-state index in [0.29, 0.717) is 34.5 Å². The molecule has 0 saturated heterocycles. The molecule has 1 aromatic rings. The summed E-state index contributed by atoms with van der Waals surface area (Å²) in [6.45, 7) is 4.58. The highest BCUT2D eigenvalue weighted by molar-refractivity contribution is 7.89. The molecule has 1 aromatic carbocycles. The summed E-state index contributed by atoms with van der Waals surface area (Å²) in [5.41, 5.74) is 0.304. The molecule has 0 bridgehead atoms. The largest absolute Gasteiger partial charge is 0.469 e. The fraction of sp³-hybridized carbons (Fsp3) is 0.591. The van der Waals surface area contributed by atoms with Crippen molar-refractivity contribution in [3.8, 4) is 0 Å². The van der Waals surface area contributed by atoms with E-state index in [2.05, 4.69) is 35.5 Å². The van der Waals surface area contributed by atoms with Crippen LogP contribution in [0, 0.1) is 23.2 Å². The van der Waals surface area contributed by atoms with Crippen LogP contribution in [0.15, 0.2) is 47.4 Å². The van der Waals surface area contributed by atoms with Gasteiger partial charge in [-0.15, -0.1) is 0 Å². The zero-order valence-electron chi connectivity index (χ0n) is 16.9. The van der Waals surface area contributed by atoms with Gasteiger partial charge < -0.3 is 4.74 Å². The Morgan fingerprint density at radius 1 is 1.25 bits per heavy atom. The average Bonchev–Trinajstić information content (AvgIpc) is 3.00. The molecule has 1 N–H and O–H groups in total. The normalized spacial score (nSPS) is 28.2. The standard InChI is InChI=1S/C22H31NO4S/c1-22(2)18-15-19(23-28(25,26)16-11-7-6-8-12-16)17(21(18)22)13-9-4-5-10-14-20(24)27-3/h4,6-9,11-12,17-19,21,23H,5,10,13-15H2,1-3H3/b9-4-/t17-,18+,19+,21-/m1/s1. The van der Waals surface area contributed by atoms with Gasteiger partial charge in [-0.25, -0.2) is 13.1 Å². The third-order valence-electron chi connectivity index (χ3n) is 6.54. The van der Waals surface area contributed by atoms with Crippen LogP contribution in [0.2, 0.25) is 0 Å². The van der Waals surface area contributed by atoms with Crippen molar-refractivity contribution in [2.75, 3.05) is 7.11 Å². The van der Waals surface area contributed by atoms with E-state index in [0.717, 1.165) is 25.7 Å². The molecule has 28 heavy (non-hydrogen) atoms. The van der Waals surface area contributed by atoms with Crippen LogP contribution in [0.5, 0.6) is 0 Å². The lowest BCUT2D eigenvalue weighted by molar-refractivity contribution is -0.140. The number of methoxy groups -OCH3 is 1. The van der Waals surface area contributed by atoms with Crippen LogP contribution in [0.3, 0.4) is 0 Å². The van der Waals surface area contributed by atoms with E-state index in [9.17, 15) is 13.2 Å². The second kappa shape index (κ2) is 8.37. The van der Waals surface area contributed by atoms with Crippen LogP contribution in [0.1, 0.15) is 46.0 Å². The minimum Gasteiger partial charge on any atom is -0.469 e. The van der Waals surface area contributed by atoms with Crippen molar-refractivity contribution in [2.24, 2.45) is 23.2 Å². The highest BCUT2D eigenvalue weighted by Crippen LogP contribution is 2.69. The fourth-order valence-electron chi connectivity index (χ4n) is 4.94. The van der Waals surface area contributed by atoms with Crippen molar-refractivity contribution >= 4 is 16.0 Å². The minimum absolute atomic E-state index is 0.0204. The number of nitrogens with one attached hydrogen (secondary N) is 1. The van der Waals surface area contributed by atoms with E-state index >= 15 is 0 Å². The summed E-state index contributed by atoms with van der Waals surface area (Å²) in [5.74, 6) is 1.29. The van der Waals surface area contributed by atoms with Crippen LogP contribution in [-0.2, 0) is 19.6 Å². The van der Waals surface area contributed by atoms with Crippen LogP contribution in [0.4, 0.5) is 0 Å². The van der Waals surface area contributed by atoms with Crippen molar-refractivity contribution < 1.29 is 17.9 Å². The second-order valence-electron chi connectivity index (χ2n) is 8.57. The first-order chi connectivity index (χ1) is 13.3. The number of fused-ring (bicyclic) bond motifs is 1. The number of unbranched alkanes of at least 4 members (excludes halogenated alkanes) is 1. The summed E-state index contributed by atoms with van der Waals surface area (Å²) in [7, 11) is -2.09. The second-order valence-corrected chi connectivity index (χ2v) is 10.3. The quantitative estimate of drug-likeness (QED) is 0.384. The molecule has 2 saturated carbocycles. The van der Waals surface area contributed by atoms with E-state index in [-0.39, 0.29) is 12.0 Å². The monoisotopic (exact) mass is 405 g/mol. The molecule has 0 aliphatic heterocycles. The van der Waals surface area contributed by atoms with Crippen LogP contribution in [0.25, 0.3) is 0 Å². The molecule has 5 nitrogen and oxygen atoms in total. The van der Waals surface area contributed by atoms with Gasteiger partial charge in [-0.1, -0.05) is 44.2 Å². The number of sulfonamides is 1. The lowest BCUT2D eigenvalue weighted by Crippen LogP contribution is -2.40. The number of ether oxygens (including phenoxy) is 1. The first kappa shape index (κ1) is 21.1. The summed E-state index contributed by atoms with van der Waals surface area (Å²) < 4.78 is 33.1. The molecule has 3 rings (SSSR count). The Labute approximate surface area is 168 Å². The van der Waals surface area contributed by atoms with Crippen LogP contribution in [-0.4, -0.2) is 27.5 Å². The van der Waals surface area contributed by atoms with E-state index in [4.69, 9.17) is 0 Å². The highest BCUT2D eigenvalue weighted by atomic mass is 32.2. The van der Waals surface area contributed by atoms with Crippen molar-refractivity contribution in [3.05, 3.63) is 42.5 Å². The van der Waals surface area contributed by atoms with Crippen molar-refractivity contribution in [2.45, 2.75) is 56.9 Å². The number of benzene rings is 1. The van der Waals surface area contributed by atoms with Gasteiger partial charge in [-0.05, 0) is 61.0 Å². The lowest BCUT2D eigenvalue weighted by atomic mass is 9.87. The molecule has 0 aromatic heterocycles. The molecule has 4 atom stereocenters. The predicted molar refractivity (Wildman–Crippen MR) is 109 cm³/mol. The molecule has 0 heterocycles. The van der Waals surface area contributed by atoms with Crippen LogP contribution >= 0.6 is 0 Å². The topological polar surface area (TPSA) is 72.5 Å². The Bertz CT molecular complexity index is 816. The van der Waals surface area contributed by atoms with Crippen molar-refractivity contribution in [1.82, 2.24) is 4.72 Å². The summed E-state index contributed by atoms with van der Waals surface area (Å²) in [6.07, 6.45) is 8.07. The van der Waals surface area contributed by atoms with Gasteiger partial charge in [0, 0.05) is 12.5 Å². The van der Waals surface area contributed by atoms with Gasteiger partial charge in [-0.3, -0.25) is 4.79 Å². The Kier molecular flexibility index (Phi) is 6.30. The molecule has 6 heteroatoms. The molecule has 0 radical (unpaired) electrons. The zero-order valence-corrected chi connectivity index (χ0v) is 17.7. The molecular weight excluding hydrogens is 374 g/mol. The van der Waals surface area contributed by atoms with Crippen molar-refractivity contribution in [1.29, 1.82) is 0 Å². The fourth-order valence-corrected chi connectivity index (χ4v) is 6.26. The molecule has 2 aliphatic carbocycles. The van der Waals surface area contributed by atoms with Crippen molar-refractivity contribution in [3.63, 3.8) is 0 Å². The Hall–Kier alpha value is -1.66. The van der Waals surface area contributed by atoms with Gasteiger partial charge in [0.15, 0.2) is 0 Å². The summed E-state index contributed by atoms with van der Waals surface area (Å²) >= 11 is 0. The van der Waals surface area contributed by atoms with Gasteiger partial charge in [0.1, 0.15) is 0 Å². The molecule has 2 aliphatic rings. The summed E-state index contributed by atoms with van der Waals surface area (Å²) in [6, 6.07) is 8.57.